The van der Waals surface area contributed by atoms with Gasteiger partial charge in [-0.15, -0.1) is 0 Å². The molecule has 1 aliphatic rings. The van der Waals surface area contributed by atoms with Gasteiger partial charge in [-0.05, 0) is 0 Å². The summed E-state index contributed by atoms with van der Waals surface area (Å²) >= 11 is 0. The van der Waals surface area contributed by atoms with Crippen LogP contribution in [0.3, 0.4) is 0 Å². The molecule has 1 aliphatic heterocycles. The molecule has 0 aliphatic carbocycles. The Kier molecular flexibility index (Phi) is 1.73. The predicted molar refractivity (Wildman–Crippen MR) is 37.6 cm³/mol. The molecule has 0 fully saturated rings. The zero-order chi connectivity index (χ0) is 9.47. The molecule has 2 rings (SSSR count). The summed E-state index contributed by atoms with van der Waals surface area (Å²) in [4.78, 5) is 7.01. The Labute approximate surface area is 72.0 Å². The smallest absolute Gasteiger partial charge is 0.307 e. The van der Waals surface area contributed by atoms with Gasteiger partial charge >= 0.3 is 6.18 Å². The molecule has 0 radical (unpaired) electrons. The summed E-state index contributed by atoms with van der Waals surface area (Å²) in [7, 11) is 0. The third-order valence-corrected chi connectivity index (χ3v) is 1.90. The lowest BCUT2D eigenvalue weighted by Gasteiger charge is -2.08. The van der Waals surface area contributed by atoms with Gasteiger partial charge in [-0.3, -0.25) is 0 Å². The van der Waals surface area contributed by atoms with Crippen molar-refractivity contribution in [1.29, 1.82) is 0 Å². The summed E-state index contributed by atoms with van der Waals surface area (Å²) in [5, 5.41) is 2.80. The molecule has 13 heavy (non-hydrogen) atoms. The van der Waals surface area contributed by atoms with Gasteiger partial charge < -0.3 is 5.32 Å². The van der Waals surface area contributed by atoms with Crippen molar-refractivity contribution in [3.63, 3.8) is 0 Å². The van der Waals surface area contributed by atoms with Crippen molar-refractivity contribution in [1.82, 2.24) is 15.3 Å². The molecule has 1 N–H and O–H groups in total. The Morgan fingerprint density at radius 3 is 2.69 bits per heavy atom. The van der Waals surface area contributed by atoms with Crippen LogP contribution in [-0.4, -0.2) is 9.97 Å². The molecule has 0 saturated heterocycles. The molecular weight excluding hydrogens is 183 g/mol. The van der Waals surface area contributed by atoms with Crippen LogP contribution in [0.25, 0.3) is 0 Å². The molecule has 1 aromatic heterocycles. The van der Waals surface area contributed by atoms with Crippen LogP contribution in [0.15, 0.2) is 6.33 Å². The molecule has 0 bridgehead atoms. The average molecular weight is 189 g/mol. The molecule has 1 aromatic rings. The topological polar surface area (TPSA) is 37.8 Å². The second-order valence-electron chi connectivity index (χ2n) is 2.75. The van der Waals surface area contributed by atoms with Crippen molar-refractivity contribution in [3.05, 3.63) is 23.3 Å². The van der Waals surface area contributed by atoms with Crippen molar-refractivity contribution >= 4 is 0 Å². The van der Waals surface area contributed by atoms with E-state index >= 15 is 0 Å². The predicted octanol–water partition coefficient (Wildman–Crippen LogP) is 1.10. The average Bonchev–Trinajstić information content (AvgIpc) is 2.48. The zero-order valence-electron chi connectivity index (χ0n) is 6.52. The first-order chi connectivity index (χ1) is 6.09. The summed E-state index contributed by atoms with van der Waals surface area (Å²) in [6, 6.07) is 0. The number of halogens is 3. The van der Waals surface area contributed by atoms with Crippen molar-refractivity contribution in [2.75, 3.05) is 0 Å². The van der Waals surface area contributed by atoms with Crippen LogP contribution in [0.1, 0.15) is 17.0 Å². The number of fused-ring (bicyclic) bond motifs is 1. The molecule has 0 spiro atoms. The van der Waals surface area contributed by atoms with Crippen LogP contribution in [0, 0.1) is 0 Å². The van der Waals surface area contributed by atoms with E-state index < -0.39 is 11.9 Å². The minimum atomic E-state index is -4.38. The minimum absolute atomic E-state index is 0.176. The van der Waals surface area contributed by atoms with E-state index in [0.717, 1.165) is 6.33 Å². The molecule has 0 unspecified atom stereocenters. The lowest BCUT2D eigenvalue weighted by Crippen LogP contribution is -2.13. The van der Waals surface area contributed by atoms with E-state index in [-0.39, 0.29) is 12.1 Å². The fraction of sp³-hybridized carbons (Fsp3) is 0.429. The number of rotatable bonds is 0. The second-order valence-corrected chi connectivity index (χ2v) is 2.75. The van der Waals surface area contributed by atoms with Gasteiger partial charge in [0, 0.05) is 18.7 Å². The maximum atomic E-state index is 12.3. The third kappa shape index (κ3) is 1.37. The van der Waals surface area contributed by atoms with E-state index in [2.05, 4.69) is 15.3 Å². The highest BCUT2D eigenvalue weighted by molar-refractivity contribution is 5.29. The van der Waals surface area contributed by atoms with Crippen molar-refractivity contribution in [2.24, 2.45) is 0 Å². The molecule has 2 heterocycles. The van der Waals surface area contributed by atoms with Gasteiger partial charge in [0.1, 0.15) is 6.33 Å². The van der Waals surface area contributed by atoms with E-state index in [1.807, 2.05) is 0 Å². The van der Waals surface area contributed by atoms with Crippen LogP contribution in [0.5, 0.6) is 0 Å². The molecule has 6 heteroatoms. The Hall–Kier alpha value is -1.17. The number of nitrogens with zero attached hydrogens (tertiary/aromatic N) is 2. The van der Waals surface area contributed by atoms with Crippen LogP contribution >= 0.6 is 0 Å². The van der Waals surface area contributed by atoms with E-state index in [4.69, 9.17) is 0 Å². The summed E-state index contributed by atoms with van der Waals surface area (Å²) in [5.41, 5.74) is -0.195. The maximum Gasteiger partial charge on any atom is 0.433 e. The monoisotopic (exact) mass is 189 g/mol. The quantitative estimate of drug-likeness (QED) is 0.664. The Bertz CT molecular complexity index is 334. The van der Waals surface area contributed by atoms with Crippen LogP contribution in [0.4, 0.5) is 13.2 Å². The van der Waals surface area contributed by atoms with Crippen molar-refractivity contribution < 1.29 is 13.2 Å². The Balaban J connectivity index is 2.54. The number of hydrogen-bond acceptors (Lipinski definition) is 3. The first-order valence-electron chi connectivity index (χ1n) is 3.69. The van der Waals surface area contributed by atoms with Gasteiger partial charge in [0.2, 0.25) is 0 Å². The zero-order valence-corrected chi connectivity index (χ0v) is 6.52. The summed E-state index contributed by atoms with van der Waals surface area (Å²) in [5.74, 6) is 0. The van der Waals surface area contributed by atoms with E-state index in [1.54, 1.807) is 0 Å². The van der Waals surface area contributed by atoms with E-state index in [1.165, 1.54) is 0 Å². The normalized spacial score (nSPS) is 15.9. The highest BCUT2D eigenvalue weighted by Crippen LogP contribution is 2.32. The second kappa shape index (κ2) is 2.66. The lowest BCUT2D eigenvalue weighted by molar-refractivity contribution is -0.141. The maximum absolute atomic E-state index is 12.3. The largest absolute Gasteiger partial charge is 0.433 e. The number of hydrogen-bond donors (Lipinski definition) is 1. The van der Waals surface area contributed by atoms with Gasteiger partial charge in [-0.1, -0.05) is 0 Å². The summed E-state index contributed by atoms with van der Waals surface area (Å²) in [6.07, 6.45) is -3.42. The molecule has 0 aromatic carbocycles. The number of alkyl halides is 3. The van der Waals surface area contributed by atoms with Gasteiger partial charge in [-0.25, -0.2) is 9.97 Å². The molecule has 70 valence electrons. The molecule has 3 nitrogen and oxygen atoms in total. The minimum Gasteiger partial charge on any atom is -0.307 e. The number of aromatic nitrogens is 2. The van der Waals surface area contributed by atoms with E-state index in [9.17, 15) is 13.2 Å². The van der Waals surface area contributed by atoms with E-state index in [0.29, 0.717) is 12.2 Å². The molecule has 0 amide bonds. The molecule has 0 atom stereocenters. The highest BCUT2D eigenvalue weighted by Gasteiger charge is 2.37. The summed E-state index contributed by atoms with van der Waals surface area (Å²) in [6.45, 7) is 0.589. The fourth-order valence-corrected chi connectivity index (χ4v) is 1.34. The van der Waals surface area contributed by atoms with Crippen LogP contribution < -0.4 is 5.32 Å². The van der Waals surface area contributed by atoms with Crippen LogP contribution in [0.2, 0.25) is 0 Å². The highest BCUT2D eigenvalue weighted by atomic mass is 19.4. The molecular formula is C7H6F3N3. The van der Waals surface area contributed by atoms with Gasteiger partial charge in [0.15, 0.2) is 5.69 Å². The van der Waals surface area contributed by atoms with Crippen LogP contribution in [-0.2, 0) is 19.3 Å². The van der Waals surface area contributed by atoms with Crippen molar-refractivity contribution in [3.8, 4) is 0 Å². The van der Waals surface area contributed by atoms with Gasteiger partial charge in [-0.2, -0.15) is 13.2 Å². The summed E-state index contributed by atoms with van der Waals surface area (Å²) < 4.78 is 37.0. The first kappa shape index (κ1) is 8.43. The van der Waals surface area contributed by atoms with Crippen molar-refractivity contribution in [2.45, 2.75) is 19.3 Å². The Morgan fingerprint density at radius 1 is 1.23 bits per heavy atom. The molecule has 0 saturated carbocycles. The SMILES string of the molecule is FC(F)(F)c1ncnc2c1CNC2. The Morgan fingerprint density at radius 2 is 2.00 bits per heavy atom. The fourth-order valence-electron chi connectivity index (χ4n) is 1.34. The number of nitrogens with one attached hydrogen (secondary N) is 1. The van der Waals surface area contributed by atoms with Gasteiger partial charge in [0.25, 0.3) is 0 Å². The third-order valence-electron chi connectivity index (χ3n) is 1.90. The standard InChI is InChI=1S/C7H6F3N3/c8-7(9,10)6-4-1-11-2-5(4)12-3-13-6/h3,11H,1-2H2. The van der Waals surface area contributed by atoms with Gasteiger partial charge in [0.05, 0.1) is 5.69 Å². The lowest BCUT2D eigenvalue weighted by atomic mass is 10.2. The first-order valence-corrected chi connectivity index (χ1v) is 3.69.